The molecule has 3 rings (SSSR count). The molecule has 1 N–H and O–H groups in total. The van der Waals surface area contributed by atoms with E-state index in [0.717, 1.165) is 50.3 Å². The van der Waals surface area contributed by atoms with Gasteiger partial charge in [-0.25, -0.2) is 0 Å². The lowest BCUT2D eigenvalue weighted by molar-refractivity contribution is -0.127. The van der Waals surface area contributed by atoms with Gasteiger partial charge in [-0.15, -0.1) is 0 Å². The van der Waals surface area contributed by atoms with Gasteiger partial charge >= 0.3 is 0 Å². The first-order chi connectivity index (χ1) is 12.2. The second-order valence-electron chi connectivity index (χ2n) is 7.69. The summed E-state index contributed by atoms with van der Waals surface area (Å²) in [4.78, 5) is 15.1. The Hall–Kier alpha value is -1.06. The summed E-state index contributed by atoms with van der Waals surface area (Å²) >= 11 is 6.27. The van der Waals surface area contributed by atoms with Crippen LogP contribution < -0.4 is 5.32 Å². The normalized spacial score (nSPS) is 21.5. The number of benzene rings is 1. The van der Waals surface area contributed by atoms with Crippen LogP contribution in [0.4, 0.5) is 0 Å². The minimum Gasteiger partial charge on any atom is -0.353 e. The van der Waals surface area contributed by atoms with E-state index in [4.69, 9.17) is 11.6 Å². The average Bonchev–Trinajstić information content (AvgIpc) is 2.60. The minimum absolute atomic E-state index is 0.188. The first-order valence-corrected chi connectivity index (χ1v) is 10.4. The van der Waals surface area contributed by atoms with E-state index >= 15 is 0 Å². The van der Waals surface area contributed by atoms with Gasteiger partial charge in [-0.3, -0.25) is 9.69 Å². The highest BCUT2D eigenvalue weighted by molar-refractivity contribution is 6.31. The number of hydrogen-bond donors (Lipinski definition) is 1. The zero-order chi connectivity index (χ0) is 17.5. The fourth-order valence-electron chi connectivity index (χ4n) is 4.14. The monoisotopic (exact) mass is 362 g/mol. The molecule has 1 saturated carbocycles. The Bertz CT molecular complexity index is 547. The number of halogens is 1. The Balaban J connectivity index is 1.43. The largest absolute Gasteiger partial charge is 0.353 e. The van der Waals surface area contributed by atoms with Crippen molar-refractivity contribution in [3.63, 3.8) is 0 Å². The lowest BCUT2D eigenvalue weighted by Crippen LogP contribution is -2.43. The molecule has 1 heterocycles. The molecule has 0 aromatic heterocycles. The molecule has 1 amide bonds. The number of carbonyl (C=O) groups is 1. The van der Waals surface area contributed by atoms with Crippen LogP contribution in [0.2, 0.25) is 5.02 Å². The number of piperidine rings is 1. The molecule has 2 fully saturated rings. The summed E-state index contributed by atoms with van der Waals surface area (Å²) in [7, 11) is 0. The van der Waals surface area contributed by atoms with Crippen molar-refractivity contribution in [2.24, 2.45) is 5.92 Å². The van der Waals surface area contributed by atoms with Crippen molar-refractivity contribution in [1.82, 2.24) is 10.2 Å². The number of amides is 1. The van der Waals surface area contributed by atoms with Crippen LogP contribution in [-0.4, -0.2) is 29.9 Å². The minimum atomic E-state index is 0.188. The van der Waals surface area contributed by atoms with Crippen LogP contribution in [0, 0.1) is 5.92 Å². The number of nitrogens with zero attached hydrogens (tertiary/aromatic N) is 1. The van der Waals surface area contributed by atoms with Crippen LogP contribution in [0.15, 0.2) is 24.3 Å². The fraction of sp³-hybridized carbons (Fsp3) is 0.667. The molecular weight excluding hydrogens is 332 g/mol. The van der Waals surface area contributed by atoms with Gasteiger partial charge in [0.2, 0.25) is 5.91 Å². The molecule has 0 spiro atoms. The van der Waals surface area contributed by atoms with Crippen molar-refractivity contribution < 1.29 is 4.79 Å². The molecular formula is C21H31ClN2O. The van der Waals surface area contributed by atoms with Gasteiger partial charge in [-0.1, -0.05) is 61.9 Å². The summed E-state index contributed by atoms with van der Waals surface area (Å²) in [6.07, 6.45) is 10.8. The third-order valence-electron chi connectivity index (χ3n) is 5.76. The molecule has 1 aromatic carbocycles. The van der Waals surface area contributed by atoms with Gasteiger partial charge in [0.25, 0.3) is 0 Å². The van der Waals surface area contributed by atoms with Gasteiger partial charge in [-0.2, -0.15) is 0 Å². The third kappa shape index (κ3) is 5.72. The second-order valence-corrected chi connectivity index (χ2v) is 8.10. The maximum absolute atomic E-state index is 12.6. The molecule has 2 aliphatic rings. The molecule has 1 aliphatic carbocycles. The smallest absolute Gasteiger partial charge is 0.223 e. The molecule has 1 aromatic rings. The van der Waals surface area contributed by atoms with Gasteiger partial charge in [0.05, 0.1) is 0 Å². The lowest BCUT2D eigenvalue weighted by Gasteiger charge is -2.32. The van der Waals surface area contributed by atoms with Crippen molar-refractivity contribution in [2.75, 3.05) is 13.1 Å². The first kappa shape index (κ1) is 18.7. The van der Waals surface area contributed by atoms with E-state index in [1.807, 2.05) is 18.2 Å². The first-order valence-electron chi connectivity index (χ1n) is 9.98. The average molecular weight is 363 g/mol. The Morgan fingerprint density at radius 3 is 2.32 bits per heavy atom. The van der Waals surface area contributed by atoms with Gasteiger partial charge in [0.1, 0.15) is 0 Å². The van der Waals surface area contributed by atoms with E-state index < -0.39 is 0 Å². The summed E-state index contributed by atoms with van der Waals surface area (Å²) in [5.74, 6) is 0.482. The molecule has 0 unspecified atom stereocenters. The topological polar surface area (TPSA) is 32.3 Å². The molecule has 0 bridgehead atoms. The number of likely N-dealkylation sites (tertiary alicyclic amines) is 1. The van der Waals surface area contributed by atoms with Crippen LogP contribution in [0.1, 0.15) is 63.4 Å². The van der Waals surface area contributed by atoms with E-state index in [-0.39, 0.29) is 5.92 Å². The number of nitrogens with one attached hydrogen (secondary N) is 1. The summed E-state index contributed by atoms with van der Waals surface area (Å²) in [5, 5.41) is 4.19. The molecule has 0 radical (unpaired) electrons. The van der Waals surface area contributed by atoms with Crippen molar-refractivity contribution in [1.29, 1.82) is 0 Å². The van der Waals surface area contributed by atoms with E-state index in [0.29, 0.717) is 11.9 Å². The Morgan fingerprint density at radius 1 is 1.00 bits per heavy atom. The Morgan fingerprint density at radius 2 is 1.64 bits per heavy atom. The molecule has 3 nitrogen and oxygen atoms in total. The Labute approximate surface area is 157 Å². The van der Waals surface area contributed by atoms with Gasteiger partial charge < -0.3 is 5.32 Å². The maximum Gasteiger partial charge on any atom is 0.223 e. The molecule has 25 heavy (non-hydrogen) atoms. The van der Waals surface area contributed by atoms with Gasteiger partial charge in [-0.05, 0) is 50.4 Å². The highest BCUT2D eigenvalue weighted by Gasteiger charge is 2.26. The highest BCUT2D eigenvalue weighted by Crippen LogP contribution is 2.23. The molecule has 138 valence electrons. The summed E-state index contributed by atoms with van der Waals surface area (Å²) in [6, 6.07) is 8.46. The van der Waals surface area contributed by atoms with Crippen molar-refractivity contribution in [3.8, 4) is 0 Å². The SMILES string of the molecule is O=C(NC1CCCCCCC1)C1CCN(Cc2ccccc2Cl)CC1. The van der Waals surface area contributed by atoms with Crippen LogP contribution in [0.5, 0.6) is 0 Å². The highest BCUT2D eigenvalue weighted by atomic mass is 35.5. The number of carbonyl (C=O) groups excluding carboxylic acids is 1. The van der Waals surface area contributed by atoms with Crippen molar-refractivity contribution in [3.05, 3.63) is 34.9 Å². The predicted octanol–water partition coefficient (Wildman–Crippen LogP) is 4.78. The Kier molecular flexibility index (Phi) is 7.18. The number of rotatable bonds is 4. The van der Waals surface area contributed by atoms with E-state index in [9.17, 15) is 4.79 Å². The molecule has 4 heteroatoms. The van der Waals surface area contributed by atoms with Crippen LogP contribution in [-0.2, 0) is 11.3 Å². The maximum atomic E-state index is 12.6. The van der Waals surface area contributed by atoms with Crippen molar-refractivity contribution >= 4 is 17.5 Å². The summed E-state index contributed by atoms with van der Waals surface area (Å²) in [5.41, 5.74) is 1.18. The predicted molar refractivity (Wildman–Crippen MR) is 104 cm³/mol. The zero-order valence-corrected chi connectivity index (χ0v) is 15.9. The fourth-order valence-corrected chi connectivity index (χ4v) is 4.34. The van der Waals surface area contributed by atoms with Gasteiger partial charge in [0.15, 0.2) is 0 Å². The zero-order valence-electron chi connectivity index (χ0n) is 15.2. The quantitative estimate of drug-likeness (QED) is 0.835. The molecule has 1 aliphatic heterocycles. The third-order valence-corrected chi connectivity index (χ3v) is 6.13. The van der Waals surface area contributed by atoms with Gasteiger partial charge in [0, 0.05) is 23.5 Å². The van der Waals surface area contributed by atoms with Crippen molar-refractivity contribution in [2.45, 2.75) is 70.4 Å². The van der Waals surface area contributed by atoms with E-state index in [1.165, 1.54) is 37.7 Å². The summed E-state index contributed by atoms with van der Waals surface area (Å²) in [6.45, 7) is 2.85. The van der Waals surface area contributed by atoms with Crippen LogP contribution in [0.3, 0.4) is 0 Å². The van der Waals surface area contributed by atoms with Crippen LogP contribution >= 0.6 is 11.6 Å². The van der Waals surface area contributed by atoms with E-state index in [2.05, 4.69) is 16.3 Å². The summed E-state index contributed by atoms with van der Waals surface area (Å²) < 4.78 is 0. The molecule has 1 saturated heterocycles. The second kappa shape index (κ2) is 9.59. The molecule has 0 atom stereocenters. The lowest BCUT2D eigenvalue weighted by atomic mass is 9.93. The standard InChI is InChI=1S/C21H31ClN2O/c22-20-11-7-6-8-18(20)16-24-14-12-17(13-15-24)21(25)23-19-9-4-2-1-3-5-10-19/h6-8,11,17,19H,1-5,9-10,12-16H2,(H,23,25). The number of hydrogen-bond acceptors (Lipinski definition) is 2. The van der Waals surface area contributed by atoms with Crippen LogP contribution in [0.25, 0.3) is 0 Å². The van der Waals surface area contributed by atoms with E-state index in [1.54, 1.807) is 0 Å².